The number of aryl methyl sites for hydroxylation is 1. The van der Waals surface area contributed by atoms with Gasteiger partial charge in [-0.25, -0.2) is 9.97 Å². The second kappa shape index (κ2) is 7.89. The van der Waals surface area contributed by atoms with Crippen molar-refractivity contribution in [2.75, 3.05) is 24.4 Å². The Kier molecular flexibility index (Phi) is 5.14. The van der Waals surface area contributed by atoms with Crippen LogP contribution in [0.3, 0.4) is 0 Å². The predicted molar refractivity (Wildman–Crippen MR) is 118 cm³/mol. The maximum atomic E-state index is 13.0. The molecule has 7 heteroatoms. The fourth-order valence-corrected chi connectivity index (χ4v) is 4.26. The second-order valence-electron chi connectivity index (χ2n) is 6.48. The first kappa shape index (κ1) is 18.9. The highest BCUT2D eigenvalue weighted by atomic mass is 32.1. The summed E-state index contributed by atoms with van der Waals surface area (Å²) in [5, 5.41) is 3.83. The van der Waals surface area contributed by atoms with E-state index < -0.39 is 0 Å². The average molecular weight is 404 g/mol. The topological polar surface area (TPSA) is 67.3 Å². The average Bonchev–Trinajstić information content (AvgIpc) is 3.11. The number of hydrogen-bond acceptors (Lipinski definition) is 6. The molecule has 4 rings (SSSR count). The molecule has 2 aromatic heterocycles. The van der Waals surface area contributed by atoms with E-state index in [1.807, 2.05) is 73.5 Å². The summed E-state index contributed by atoms with van der Waals surface area (Å²) in [5.74, 6) is 1.19. The van der Waals surface area contributed by atoms with E-state index in [0.717, 1.165) is 27.3 Å². The number of nitrogens with zero attached hydrogens (tertiary/aromatic N) is 3. The van der Waals surface area contributed by atoms with Crippen molar-refractivity contribution >= 4 is 44.7 Å². The summed E-state index contributed by atoms with van der Waals surface area (Å²) < 4.78 is 5.33. The van der Waals surface area contributed by atoms with Gasteiger partial charge in [0.15, 0.2) is 0 Å². The maximum absolute atomic E-state index is 13.0. The number of amides is 1. The van der Waals surface area contributed by atoms with E-state index in [-0.39, 0.29) is 5.91 Å². The molecule has 0 bridgehead atoms. The number of methoxy groups -OCH3 is 1. The molecule has 0 fully saturated rings. The summed E-state index contributed by atoms with van der Waals surface area (Å²) in [4.78, 5) is 25.3. The molecule has 0 saturated heterocycles. The van der Waals surface area contributed by atoms with Crippen LogP contribution in [0.15, 0.2) is 60.9 Å². The molecule has 0 spiro atoms. The van der Waals surface area contributed by atoms with Crippen LogP contribution in [0.25, 0.3) is 10.2 Å². The van der Waals surface area contributed by atoms with Gasteiger partial charge in [-0.15, -0.1) is 11.3 Å². The van der Waals surface area contributed by atoms with E-state index in [9.17, 15) is 4.79 Å². The molecular weight excluding hydrogens is 384 g/mol. The predicted octanol–water partition coefficient (Wildman–Crippen LogP) is 5.03. The van der Waals surface area contributed by atoms with Crippen molar-refractivity contribution in [2.24, 2.45) is 0 Å². The van der Waals surface area contributed by atoms with Crippen LogP contribution in [0.2, 0.25) is 0 Å². The molecule has 0 aliphatic rings. The van der Waals surface area contributed by atoms with Gasteiger partial charge in [0.05, 0.1) is 23.1 Å². The van der Waals surface area contributed by atoms with E-state index in [4.69, 9.17) is 4.74 Å². The Bertz CT molecular complexity index is 1170. The summed E-state index contributed by atoms with van der Waals surface area (Å²) in [5.41, 5.74) is 2.50. The van der Waals surface area contributed by atoms with Crippen LogP contribution in [-0.2, 0) is 0 Å². The number of benzene rings is 2. The van der Waals surface area contributed by atoms with Crippen molar-refractivity contribution in [3.8, 4) is 5.75 Å². The van der Waals surface area contributed by atoms with Gasteiger partial charge in [-0.3, -0.25) is 4.79 Å². The van der Waals surface area contributed by atoms with Gasteiger partial charge < -0.3 is 15.0 Å². The number of para-hydroxylation sites is 3. The Labute approximate surface area is 172 Å². The number of carbonyl (C=O) groups is 1. The van der Waals surface area contributed by atoms with Crippen molar-refractivity contribution < 1.29 is 9.53 Å². The maximum Gasteiger partial charge on any atom is 0.266 e. The number of anilines is 3. The summed E-state index contributed by atoms with van der Waals surface area (Å²) >= 11 is 1.36. The Morgan fingerprint density at radius 3 is 2.55 bits per heavy atom. The lowest BCUT2D eigenvalue weighted by Gasteiger charge is -2.19. The van der Waals surface area contributed by atoms with E-state index in [2.05, 4.69) is 15.3 Å². The molecule has 29 heavy (non-hydrogen) atoms. The number of hydrogen-bond donors (Lipinski definition) is 1. The number of carbonyl (C=O) groups excluding carboxylic acids is 1. The van der Waals surface area contributed by atoms with Crippen LogP contribution in [0.1, 0.15) is 15.2 Å². The van der Waals surface area contributed by atoms with Crippen LogP contribution in [0.5, 0.6) is 5.75 Å². The van der Waals surface area contributed by atoms with E-state index in [0.29, 0.717) is 16.3 Å². The first-order chi connectivity index (χ1) is 14.1. The lowest BCUT2D eigenvalue weighted by Crippen LogP contribution is -2.13. The molecule has 6 nitrogen and oxygen atoms in total. The van der Waals surface area contributed by atoms with Crippen LogP contribution < -0.4 is 15.0 Å². The molecule has 0 saturated carbocycles. The van der Waals surface area contributed by atoms with Gasteiger partial charge in [-0.2, -0.15) is 0 Å². The number of rotatable bonds is 5. The van der Waals surface area contributed by atoms with Crippen LogP contribution in [0.4, 0.5) is 17.2 Å². The molecule has 1 N–H and O–H groups in total. The lowest BCUT2D eigenvalue weighted by molar-refractivity contribution is 0.102. The summed E-state index contributed by atoms with van der Waals surface area (Å²) in [6.45, 7) is 1.93. The van der Waals surface area contributed by atoms with Crippen molar-refractivity contribution in [1.29, 1.82) is 0 Å². The highest BCUT2D eigenvalue weighted by molar-refractivity contribution is 7.20. The van der Waals surface area contributed by atoms with E-state index in [1.165, 1.54) is 17.7 Å². The van der Waals surface area contributed by atoms with Gasteiger partial charge in [0.2, 0.25) is 0 Å². The molecular formula is C22H20N4O2S. The van der Waals surface area contributed by atoms with Crippen LogP contribution >= 0.6 is 11.3 Å². The quantitative estimate of drug-likeness (QED) is 0.505. The molecule has 1 amide bonds. The van der Waals surface area contributed by atoms with Gasteiger partial charge in [-0.05, 0) is 36.8 Å². The van der Waals surface area contributed by atoms with Gasteiger partial charge in [0.1, 0.15) is 22.7 Å². The minimum absolute atomic E-state index is 0.191. The molecule has 0 atom stereocenters. The summed E-state index contributed by atoms with van der Waals surface area (Å²) in [7, 11) is 3.54. The Morgan fingerprint density at radius 2 is 1.79 bits per heavy atom. The van der Waals surface area contributed by atoms with Gasteiger partial charge in [0.25, 0.3) is 5.91 Å². The Balaban J connectivity index is 1.74. The normalized spacial score (nSPS) is 10.7. The lowest BCUT2D eigenvalue weighted by atomic mass is 10.1. The van der Waals surface area contributed by atoms with Gasteiger partial charge >= 0.3 is 0 Å². The fourth-order valence-electron chi connectivity index (χ4n) is 3.22. The number of aromatic nitrogens is 2. The van der Waals surface area contributed by atoms with Crippen molar-refractivity contribution in [2.45, 2.75) is 6.92 Å². The van der Waals surface area contributed by atoms with E-state index in [1.54, 1.807) is 7.11 Å². The second-order valence-corrected chi connectivity index (χ2v) is 7.48. The molecule has 0 radical (unpaired) electrons. The third kappa shape index (κ3) is 3.52. The zero-order valence-corrected chi connectivity index (χ0v) is 17.2. The van der Waals surface area contributed by atoms with Crippen molar-refractivity contribution in [3.63, 3.8) is 0 Å². The molecule has 4 aromatic rings. The first-order valence-corrected chi connectivity index (χ1v) is 9.89. The summed E-state index contributed by atoms with van der Waals surface area (Å²) in [6.07, 6.45) is 1.54. The highest BCUT2D eigenvalue weighted by Gasteiger charge is 2.22. The molecule has 0 aliphatic carbocycles. The first-order valence-electron chi connectivity index (χ1n) is 9.07. The molecule has 0 unspecified atom stereocenters. The zero-order valence-electron chi connectivity index (χ0n) is 16.3. The molecule has 0 aliphatic heterocycles. The fraction of sp³-hybridized carbons (Fsp3) is 0.136. The number of nitrogens with one attached hydrogen (secondary N) is 1. The molecule has 2 aromatic carbocycles. The number of fused-ring (bicyclic) bond motifs is 1. The third-order valence-electron chi connectivity index (χ3n) is 4.73. The van der Waals surface area contributed by atoms with Crippen molar-refractivity contribution in [1.82, 2.24) is 9.97 Å². The van der Waals surface area contributed by atoms with Crippen LogP contribution in [-0.4, -0.2) is 30.0 Å². The van der Waals surface area contributed by atoms with Gasteiger partial charge in [-0.1, -0.05) is 30.3 Å². The molecule has 146 valence electrons. The standard InChI is InChI=1S/C22H20N4O2S/c1-14-18-20(26(2)15-9-5-4-6-10-15)23-13-24-22(18)29-19(14)21(27)25-16-11-7-8-12-17(16)28-3/h4-13H,1-3H3,(H,25,27). The summed E-state index contributed by atoms with van der Waals surface area (Å²) in [6, 6.07) is 17.3. The molecule has 2 heterocycles. The smallest absolute Gasteiger partial charge is 0.266 e. The van der Waals surface area contributed by atoms with Crippen molar-refractivity contribution in [3.05, 3.63) is 71.4 Å². The van der Waals surface area contributed by atoms with Crippen LogP contribution in [0, 0.1) is 6.92 Å². The largest absolute Gasteiger partial charge is 0.495 e. The SMILES string of the molecule is COc1ccccc1NC(=O)c1sc2ncnc(N(C)c3ccccc3)c2c1C. The number of thiophene rings is 1. The Hall–Kier alpha value is -3.45. The van der Waals surface area contributed by atoms with E-state index >= 15 is 0 Å². The number of ether oxygens (including phenoxy) is 1. The third-order valence-corrected chi connectivity index (χ3v) is 5.93. The van der Waals surface area contributed by atoms with Gasteiger partial charge in [0, 0.05) is 12.7 Å². The monoisotopic (exact) mass is 404 g/mol. The zero-order chi connectivity index (χ0) is 20.4. The Morgan fingerprint density at radius 1 is 1.07 bits per heavy atom. The highest BCUT2D eigenvalue weighted by Crippen LogP contribution is 2.37. The minimum atomic E-state index is -0.191. The minimum Gasteiger partial charge on any atom is -0.495 e.